The van der Waals surface area contributed by atoms with Crippen molar-refractivity contribution in [2.24, 2.45) is 5.92 Å². The Morgan fingerprint density at radius 1 is 1.50 bits per heavy atom. The van der Waals surface area contributed by atoms with Crippen LogP contribution in [-0.4, -0.2) is 63.6 Å². The van der Waals surface area contributed by atoms with Gasteiger partial charge in [-0.05, 0) is 19.3 Å². The molecule has 0 aromatic rings. The Kier molecular flexibility index (Phi) is 4.92. The van der Waals surface area contributed by atoms with Crippen LogP contribution >= 0.6 is 0 Å². The highest BCUT2D eigenvalue weighted by Crippen LogP contribution is 2.23. The summed E-state index contributed by atoms with van der Waals surface area (Å²) in [6.07, 6.45) is -0.413. The van der Waals surface area contributed by atoms with Gasteiger partial charge >= 0.3 is 12.0 Å². The van der Waals surface area contributed by atoms with Crippen LogP contribution in [0.25, 0.3) is 0 Å². The lowest BCUT2D eigenvalue weighted by Crippen LogP contribution is -2.54. The summed E-state index contributed by atoms with van der Waals surface area (Å²) in [6, 6.07) is -2.20. The van der Waals surface area contributed by atoms with Gasteiger partial charge in [0.2, 0.25) is 0 Å². The number of carboxylic acid groups (broad SMARTS) is 1. The number of likely N-dealkylation sites (tertiary alicyclic amines) is 1. The minimum Gasteiger partial charge on any atom is -0.480 e. The Hall–Kier alpha value is -1.34. The molecular formula is C11H20N2O5. The number of nitrogens with one attached hydrogen (secondary N) is 1. The maximum absolute atomic E-state index is 11.9. The molecule has 0 aromatic carbocycles. The van der Waals surface area contributed by atoms with E-state index in [2.05, 4.69) is 5.32 Å². The summed E-state index contributed by atoms with van der Waals surface area (Å²) in [4.78, 5) is 24.2. The van der Waals surface area contributed by atoms with E-state index in [-0.39, 0.29) is 18.6 Å². The largest absolute Gasteiger partial charge is 0.480 e. The zero-order valence-corrected chi connectivity index (χ0v) is 10.5. The summed E-state index contributed by atoms with van der Waals surface area (Å²) in [5, 5.41) is 29.6. The van der Waals surface area contributed by atoms with Gasteiger partial charge in [0, 0.05) is 6.54 Å². The molecule has 1 aliphatic rings. The smallest absolute Gasteiger partial charge is 0.328 e. The topological polar surface area (TPSA) is 110 Å². The fraction of sp³-hybridized carbons (Fsp3) is 0.818. The molecular weight excluding hydrogens is 240 g/mol. The highest BCUT2D eigenvalue weighted by atomic mass is 16.4. The number of carbonyl (C=O) groups is 2. The van der Waals surface area contributed by atoms with E-state index in [9.17, 15) is 19.8 Å². The van der Waals surface area contributed by atoms with Gasteiger partial charge in [-0.3, -0.25) is 0 Å². The van der Waals surface area contributed by atoms with Crippen LogP contribution in [0.4, 0.5) is 4.79 Å². The van der Waals surface area contributed by atoms with E-state index in [1.807, 2.05) is 6.92 Å². The second-order valence-corrected chi connectivity index (χ2v) is 4.72. The second-order valence-electron chi connectivity index (χ2n) is 4.72. The van der Waals surface area contributed by atoms with E-state index in [1.54, 1.807) is 0 Å². The van der Waals surface area contributed by atoms with Crippen LogP contribution in [0.5, 0.6) is 0 Å². The molecule has 7 heteroatoms. The number of aliphatic carboxylic acids is 1. The molecule has 1 rings (SSSR count). The first-order valence-corrected chi connectivity index (χ1v) is 5.97. The SMILES string of the molecule is CC(O)C(NC(=O)N1CCC(C)C1CO)C(=O)O. The number of carboxylic acids is 1. The molecule has 4 atom stereocenters. The van der Waals surface area contributed by atoms with Gasteiger partial charge in [-0.1, -0.05) is 6.92 Å². The number of hydrogen-bond donors (Lipinski definition) is 4. The lowest BCUT2D eigenvalue weighted by atomic mass is 10.0. The average Bonchev–Trinajstić information content (AvgIpc) is 2.65. The van der Waals surface area contributed by atoms with E-state index >= 15 is 0 Å². The normalized spacial score (nSPS) is 26.8. The van der Waals surface area contributed by atoms with Gasteiger partial charge in [-0.2, -0.15) is 0 Å². The summed E-state index contributed by atoms with van der Waals surface area (Å²) >= 11 is 0. The maximum atomic E-state index is 11.9. The number of hydrogen-bond acceptors (Lipinski definition) is 4. The van der Waals surface area contributed by atoms with Crippen molar-refractivity contribution in [2.45, 2.75) is 38.5 Å². The molecule has 1 heterocycles. The van der Waals surface area contributed by atoms with Crippen molar-refractivity contribution in [3.05, 3.63) is 0 Å². The van der Waals surface area contributed by atoms with Crippen molar-refractivity contribution in [3.63, 3.8) is 0 Å². The first-order valence-electron chi connectivity index (χ1n) is 5.97. The molecule has 104 valence electrons. The summed E-state index contributed by atoms with van der Waals surface area (Å²) in [7, 11) is 0. The number of amides is 2. The Morgan fingerprint density at radius 2 is 2.11 bits per heavy atom. The molecule has 0 spiro atoms. The van der Waals surface area contributed by atoms with E-state index in [1.165, 1.54) is 11.8 Å². The molecule has 1 aliphatic heterocycles. The quantitative estimate of drug-likeness (QED) is 0.530. The fourth-order valence-corrected chi connectivity index (χ4v) is 2.14. The Labute approximate surface area is 105 Å². The predicted octanol–water partition coefficient (Wildman–Crippen LogP) is -0.767. The molecule has 18 heavy (non-hydrogen) atoms. The van der Waals surface area contributed by atoms with Gasteiger partial charge in [0.15, 0.2) is 6.04 Å². The monoisotopic (exact) mass is 260 g/mol. The van der Waals surface area contributed by atoms with E-state index < -0.39 is 24.1 Å². The molecule has 0 radical (unpaired) electrons. The van der Waals surface area contributed by atoms with Gasteiger partial charge in [-0.15, -0.1) is 0 Å². The van der Waals surface area contributed by atoms with Gasteiger partial charge in [-0.25, -0.2) is 9.59 Å². The Balaban J connectivity index is 2.67. The van der Waals surface area contributed by atoms with Crippen molar-refractivity contribution < 1.29 is 24.9 Å². The minimum absolute atomic E-state index is 0.152. The van der Waals surface area contributed by atoms with Crippen molar-refractivity contribution in [1.82, 2.24) is 10.2 Å². The van der Waals surface area contributed by atoms with Crippen molar-refractivity contribution >= 4 is 12.0 Å². The molecule has 0 saturated carbocycles. The molecule has 4 unspecified atom stereocenters. The van der Waals surface area contributed by atoms with Crippen LogP contribution < -0.4 is 5.32 Å². The molecule has 7 nitrogen and oxygen atoms in total. The molecule has 0 bridgehead atoms. The van der Waals surface area contributed by atoms with Crippen LogP contribution in [0, 0.1) is 5.92 Å². The molecule has 2 amide bonds. The fourth-order valence-electron chi connectivity index (χ4n) is 2.14. The minimum atomic E-state index is -1.34. The standard InChI is InChI=1S/C11H20N2O5/c1-6-3-4-13(8(6)5-14)11(18)12-9(7(2)15)10(16)17/h6-9,14-15H,3-5H2,1-2H3,(H,12,18)(H,16,17). The van der Waals surface area contributed by atoms with Crippen molar-refractivity contribution in [1.29, 1.82) is 0 Å². The van der Waals surface area contributed by atoms with E-state index in [4.69, 9.17) is 5.11 Å². The van der Waals surface area contributed by atoms with Crippen LogP contribution in [0.15, 0.2) is 0 Å². The third-order valence-corrected chi connectivity index (χ3v) is 3.36. The average molecular weight is 260 g/mol. The number of carbonyl (C=O) groups excluding carboxylic acids is 1. The lowest BCUT2D eigenvalue weighted by Gasteiger charge is -2.27. The van der Waals surface area contributed by atoms with Gasteiger partial charge < -0.3 is 25.5 Å². The first-order chi connectivity index (χ1) is 8.38. The predicted molar refractivity (Wildman–Crippen MR) is 63.0 cm³/mol. The number of nitrogens with zero attached hydrogens (tertiary/aromatic N) is 1. The third kappa shape index (κ3) is 3.11. The third-order valence-electron chi connectivity index (χ3n) is 3.36. The lowest BCUT2D eigenvalue weighted by molar-refractivity contribution is -0.141. The summed E-state index contributed by atoms with van der Waals surface area (Å²) in [6.45, 7) is 3.55. The molecule has 1 saturated heterocycles. The summed E-state index contributed by atoms with van der Waals surface area (Å²) in [5.41, 5.74) is 0. The first kappa shape index (κ1) is 14.7. The summed E-state index contributed by atoms with van der Waals surface area (Å²) in [5.74, 6) is -1.11. The van der Waals surface area contributed by atoms with Crippen LogP contribution in [-0.2, 0) is 4.79 Å². The number of aliphatic hydroxyl groups is 2. The zero-order chi connectivity index (χ0) is 13.9. The molecule has 1 fully saturated rings. The summed E-state index contributed by atoms with van der Waals surface area (Å²) < 4.78 is 0. The van der Waals surface area contributed by atoms with Crippen LogP contribution in [0.1, 0.15) is 20.3 Å². The number of rotatable bonds is 4. The Morgan fingerprint density at radius 3 is 2.56 bits per heavy atom. The zero-order valence-electron chi connectivity index (χ0n) is 10.5. The molecule has 0 aliphatic carbocycles. The van der Waals surface area contributed by atoms with Crippen LogP contribution in [0.2, 0.25) is 0 Å². The van der Waals surface area contributed by atoms with E-state index in [0.29, 0.717) is 6.54 Å². The molecule has 0 aromatic heterocycles. The number of aliphatic hydroxyl groups excluding tert-OH is 2. The van der Waals surface area contributed by atoms with Gasteiger partial charge in [0.1, 0.15) is 0 Å². The number of urea groups is 1. The highest BCUT2D eigenvalue weighted by molar-refractivity contribution is 5.83. The van der Waals surface area contributed by atoms with Gasteiger partial charge in [0.25, 0.3) is 0 Å². The van der Waals surface area contributed by atoms with E-state index in [0.717, 1.165) is 6.42 Å². The second kappa shape index (κ2) is 6.01. The maximum Gasteiger partial charge on any atom is 0.328 e. The van der Waals surface area contributed by atoms with Crippen LogP contribution in [0.3, 0.4) is 0 Å². The van der Waals surface area contributed by atoms with Crippen molar-refractivity contribution in [3.8, 4) is 0 Å². The molecule has 4 N–H and O–H groups in total. The highest BCUT2D eigenvalue weighted by Gasteiger charge is 2.36. The Bertz CT molecular complexity index is 321. The van der Waals surface area contributed by atoms with Crippen molar-refractivity contribution in [2.75, 3.05) is 13.2 Å². The van der Waals surface area contributed by atoms with Gasteiger partial charge in [0.05, 0.1) is 18.8 Å².